The van der Waals surface area contributed by atoms with Crippen molar-refractivity contribution in [2.24, 2.45) is 0 Å². The minimum atomic E-state index is -0.575. The van der Waals surface area contributed by atoms with Gasteiger partial charge in [-0.2, -0.15) is 4.68 Å². The highest BCUT2D eigenvalue weighted by Crippen LogP contribution is 2.17. The monoisotopic (exact) mass is 313 g/mol. The average molecular weight is 314 g/mol. The summed E-state index contributed by atoms with van der Waals surface area (Å²) in [6.45, 7) is 3.35. The van der Waals surface area contributed by atoms with Crippen molar-refractivity contribution in [3.8, 4) is 0 Å². The molecule has 0 bridgehead atoms. The van der Waals surface area contributed by atoms with E-state index in [0.29, 0.717) is 6.54 Å². The van der Waals surface area contributed by atoms with Crippen LogP contribution in [-0.4, -0.2) is 20.5 Å². The normalized spacial score (nSPS) is 9.71. The maximum Gasteiger partial charge on any atom is 0.389 e. The fourth-order valence-electron chi connectivity index (χ4n) is 1.36. The number of nitrogens with zero attached hydrogens (tertiary/aromatic N) is 3. The van der Waals surface area contributed by atoms with Crippen LogP contribution in [0.25, 0.3) is 0 Å². The average Bonchev–Trinajstić information content (AvgIpc) is 2.82. The number of carbonyl (C=O) groups excluding carboxylic acids is 1. The van der Waals surface area contributed by atoms with Gasteiger partial charge in [0.1, 0.15) is 11.6 Å². The van der Waals surface area contributed by atoms with Gasteiger partial charge >= 0.3 is 5.82 Å². The zero-order valence-electron chi connectivity index (χ0n) is 11.4. The maximum absolute atomic E-state index is 12.9. The Labute approximate surface area is 125 Å². The Morgan fingerprint density at radius 2 is 2.05 bits per heavy atom. The standard InChI is InChI=1S/C10H7ClFN3O2.C3H6O/c11-8-5-7(1-2-9(8)12)6-14-4-3-10(13-14)15(16)17;1-3(2)4/h1-5H,6H2;1-2H3. The molecule has 1 aromatic heterocycles. The molecule has 0 aliphatic carbocycles. The van der Waals surface area contributed by atoms with E-state index in [1.165, 1.54) is 42.9 Å². The van der Waals surface area contributed by atoms with Crippen LogP contribution in [0.4, 0.5) is 10.2 Å². The second kappa shape index (κ2) is 7.49. The van der Waals surface area contributed by atoms with Gasteiger partial charge in [-0.25, -0.2) is 4.39 Å². The van der Waals surface area contributed by atoms with Gasteiger partial charge in [0, 0.05) is 0 Å². The summed E-state index contributed by atoms with van der Waals surface area (Å²) in [7, 11) is 0. The molecule has 0 radical (unpaired) electrons. The van der Waals surface area contributed by atoms with Crippen LogP contribution in [0.1, 0.15) is 19.4 Å². The van der Waals surface area contributed by atoms with Crippen LogP contribution in [0.5, 0.6) is 0 Å². The molecule has 8 heteroatoms. The first-order valence-electron chi connectivity index (χ1n) is 5.88. The van der Waals surface area contributed by atoms with E-state index in [2.05, 4.69) is 5.10 Å². The Kier molecular flexibility index (Phi) is 5.98. The third-order valence-corrected chi connectivity index (χ3v) is 2.43. The molecule has 0 spiro atoms. The first-order chi connectivity index (χ1) is 9.79. The number of Topliss-reactive ketones (excluding diaryl/α,β-unsaturated/α-hetero) is 1. The van der Waals surface area contributed by atoms with Gasteiger partial charge in [0.15, 0.2) is 0 Å². The fourth-order valence-corrected chi connectivity index (χ4v) is 1.56. The van der Waals surface area contributed by atoms with Gasteiger partial charge in [-0.15, -0.1) is 0 Å². The maximum atomic E-state index is 12.9. The molecule has 1 heterocycles. The molecule has 0 N–H and O–H groups in total. The molecule has 0 saturated carbocycles. The number of hydrogen-bond donors (Lipinski definition) is 0. The van der Waals surface area contributed by atoms with E-state index in [4.69, 9.17) is 11.6 Å². The number of aromatic nitrogens is 2. The molecular weight excluding hydrogens is 301 g/mol. The third-order valence-electron chi connectivity index (χ3n) is 2.14. The van der Waals surface area contributed by atoms with Crippen LogP contribution < -0.4 is 0 Å². The Morgan fingerprint density at radius 3 is 2.52 bits per heavy atom. The molecule has 0 fully saturated rings. The Bertz CT molecular complexity index is 654. The second-order valence-corrected chi connectivity index (χ2v) is 4.69. The van der Waals surface area contributed by atoms with Crippen molar-refractivity contribution in [1.82, 2.24) is 9.78 Å². The van der Waals surface area contributed by atoms with Crippen molar-refractivity contribution in [3.05, 3.63) is 57.0 Å². The van der Waals surface area contributed by atoms with Gasteiger partial charge in [-0.3, -0.25) is 0 Å². The van der Waals surface area contributed by atoms with E-state index >= 15 is 0 Å². The zero-order valence-corrected chi connectivity index (χ0v) is 12.2. The van der Waals surface area contributed by atoms with E-state index in [9.17, 15) is 19.3 Å². The van der Waals surface area contributed by atoms with E-state index in [1.807, 2.05) is 0 Å². The highest BCUT2D eigenvalue weighted by Gasteiger charge is 2.11. The first kappa shape index (κ1) is 16.8. The van der Waals surface area contributed by atoms with E-state index in [-0.39, 0.29) is 16.6 Å². The number of nitro groups is 1. The van der Waals surface area contributed by atoms with Crippen LogP contribution in [0, 0.1) is 15.9 Å². The SMILES string of the molecule is CC(C)=O.O=[N+]([O-])c1ccn(Cc2ccc(F)c(Cl)c2)n1. The molecule has 2 aromatic rings. The van der Waals surface area contributed by atoms with Crippen molar-refractivity contribution in [3.63, 3.8) is 0 Å². The van der Waals surface area contributed by atoms with Crippen molar-refractivity contribution in [2.75, 3.05) is 0 Å². The third kappa shape index (κ3) is 5.70. The van der Waals surface area contributed by atoms with Gasteiger partial charge < -0.3 is 14.9 Å². The number of carbonyl (C=O) groups is 1. The summed E-state index contributed by atoms with van der Waals surface area (Å²) >= 11 is 5.62. The lowest BCUT2D eigenvalue weighted by Gasteiger charge is -2.00. The molecule has 6 nitrogen and oxygen atoms in total. The Morgan fingerprint density at radius 1 is 1.43 bits per heavy atom. The van der Waals surface area contributed by atoms with Crippen LogP contribution in [-0.2, 0) is 11.3 Å². The molecule has 2 rings (SSSR count). The van der Waals surface area contributed by atoms with E-state index < -0.39 is 10.7 Å². The molecule has 21 heavy (non-hydrogen) atoms. The summed E-state index contributed by atoms with van der Waals surface area (Å²) in [5.41, 5.74) is 0.717. The van der Waals surface area contributed by atoms with Crippen LogP contribution >= 0.6 is 11.6 Å². The highest BCUT2D eigenvalue weighted by molar-refractivity contribution is 6.30. The molecule has 0 aliphatic heterocycles. The summed E-state index contributed by atoms with van der Waals surface area (Å²) in [5.74, 6) is -0.555. The lowest BCUT2D eigenvalue weighted by atomic mass is 10.2. The molecule has 0 atom stereocenters. The minimum Gasteiger partial charge on any atom is -0.358 e. The van der Waals surface area contributed by atoms with Gasteiger partial charge in [-0.1, -0.05) is 17.7 Å². The molecule has 1 aromatic carbocycles. The van der Waals surface area contributed by atoms with Crippen LogP contribution in [0.15, 0.2) is 30.5 Å². The van der Waals surface area contributed by atoms with Crippen molar-refractivity contribution in [1.29, 1.82) is 0 Å². The smallest absolute Gasteiger partial charge is 0.358 e. The summed E-state index contributed by atoms with van der Waals surface area (Å²) < 4.78 is 14.3. The largest absolute Gasteiger partial charge is 0.389 e. The summed E-state index contributed by atoms with van der Waals surface area (Å²) in [5, 5.41) is 14.2. The predicted octanol–water partition coefficient (Wildman–Crippen LogP) is 3.23. The summed E-state index contributed by atoms with van der Waals surface area (Å²) in [4.78, 5) is 19.3. The van der Waals surface area contributed by atoms with Gasteiger partial charge in [0.25, 0.3) is 0 Å². The molecule has 0 amide bonds. The Hall–Kier alpha value is -2.28. The summed E-state index contributed by atoms with van der Waals surface area (Å²) in [6.07, 6.45) is 1.48. The summed E-state index contributed by atoms with van der Waals surface area (Å²) in [6, 6.07) is 5.56. The topological polar surface area (TPSA) is 78.0 Å². The number of hydrogen-bond acceptors (Lipinski definition) is 4. The first-order valence-corrected chi connectivity index (χ1v) is 6.26. The molecule has 0 unspecified atom stereocenters. The molecular formula is C13H13ClFN3O3. The van der Waals surface area contributed by atoms with Crippen molar-refractivity contribution >= 4 is 23.2 Å². The lowest BCUT2D eigenvalue weighted by Crippen LogP contribution is -2.01. The van der Waals surface area contributed by atoms with E-state index in [0.717, 1.165) is 5.56 Å². The molecule has 0 saturated heterocycles. The second-order valence-electron chi connectivity index (χ2n) is 4.29. The van der Waals surface area contributed by atoms with Crippen LogP contribution in [0.2, 0.25) is 5.02 Å². The Balaban J connectivity index is 0.000000491. The number of rotatable bonds is 3. The van der Waals surface area contributed by atoms with E-state index in [1.54, 1.807) is 6.07 Å². The number of ketones is 1. The lowest BCUT2D eigenvalue weighted by molar-refractivity contribution is -0.389. The predicted molar refractivity (Wildman–Crippen MR) is 75.7 cm³/mol. The number of halogens is 2. The van der Waals surface area contributed by atoms with Crippen molar-refractivity contribution < 1.29 is 14.1 Å². The quantitative estimate of drug-likeness (QED) is 0.643. The number of benzene rings is 1. The highest BCUT2D eigenvalue weighted by atomic mass is 35.5. The zero-order chi connectivity index (χ0) is 16.0. The van der Waals surface area contributed by atoms with Gasteiger partial charge in [0.05, 0.1) is 28.9 Å². The minimum absolute atomic E-state index is 0.0177. The fraction of sp³-hybridized carbons (Fsp3) is 0.231. The van der Waals surface area contributed by atoms with Gasteiger partial charge in [-0.05, 0) is 36.5 Å². The molecule has 112 valence electrons. The van der Waals surface area contributed by atoms with Crippen molar-refractivity contribution in [2.45, 2.75) is 20.4 Å². The van der Waals surface area contributed by atoms with Crippen LogP contribution in [0.3, 0.4) is 0 Å². The molecule has 0 aliphatic rings. The van der Waals surface area contributed by atoms with Gasteiger partial charge in [0.2, 0.25) is 0 Å².